The van der Waals surface area contributed by atoms with E-state index in [1.54, 1.807) is 0 Å². The first-order chi connectivity index (χ1) is 6.66. The summed E-state index contributed by atoms with van der Waals surface area (Å²) in [5.41, 5.74) is 3.92. The van der Waals surface area contributed by atoms with Gasteiger partial charge in [-0.3, -0.25) is 0 Å². The Hall–Kier alpha value is -1.28. The molecule has 2 heteroatoms. The second-order valence-corrected chi connectivity index (χ2v) is 4.10. The zero-order chi connectivity index (χ0) is 10.1. The Morgan fingerprint density at radius 1 is 1.29 bits per heavy atom. The van der Waals surface area contributed by atoms with Gasteiger partial charge in [-0.1, -0.05) is 11.6 Å². The Morgan fingerprint density at radius 2 is 2.07 bits per heavy atom. The lowest BCUT2D eigenvalue weighted by atomic mass is 10.1. The number of hydrogen-bond donors (Lipinski definition) is 1. The van der Waals surface area contributed by atoms with E-state index in [1.807, 2.05) is 0 Å². The predicted molar refractivity (Wildman–Crippen MR) is 60.4 cm³/mol. The lowest BCUT2D eigenvalue weighted by Crippen LogP contribution is -2.10. The predicted octanol–water partition coefficient (Wildman–Crippen LogP) is 2.54. The molecular formula is C12H16N2. The monoisotopic (exact) mass is 188 g/mol. The molecule has 0 spiro atoms. The first-order valence-electron chi connectivity index (χ1n) is 4.88. The number of hydrogen-bond acceptors (Lipinski definition) is 1. The smallest absolute Gasteiger partial charge is 0.0457 e. The van der Waals surface area contributed by atoms with E-state index in [-0.39, 0.29) is 0 Å². The third-order valence-corrected chi connectivity index (χ3v) is 2.41. The second-order valence-electron chi connectivity index (χ2n) is 4.10. The number of aryl methyl sites for hydroxylation is 1. The second kappa shape index (κ2) is 3.46. The third kappa shape index (κ3) is 1.66. The fourth-order valence-corrected chi connectivity index (χ4v) is 1.76. The van der Waals surface area contributed by atoms with Gasteiger partial charge in [-0.05, 0) is 38.7 Å². The summed E-state index contributed by atoms with van der Waals surface area (Å²) in [5, 5.41) is 1.35. The number of aromatic amines is 1. The Morgan fingerprint density at radius 3 is 2.79 bits per heavy atom. The van der Waals surface area contributed by atoms with Crippen molar-refractivity contribution in [3.05, 3.63) is 35.5 Å². The quantitative estimate of drug-likeness (QED) is 0.767. The average molecular weight is 188 g/mol. The van der Waals surface area contributed by atoms with Gasteiger partial charge in [0.15, 0.2) is 0 Å². The van der Waals surface area contributed by atoms with Crippen molar-refractivity contribution in [3.8, 4) is 0 Å². The van der Waals surface area contributed by atoms with Crippen molar-refractivity contribution in [2.75, 3.05) is 14.1 Å². The van der Waals surface area contributed by atoms with E-state index in [0.29, 0.717) is 0 Å². The minimum absolute atomic E-state index is 0.990. The number of nitrogens with zero attached hydrogens (tertiary/aromatic N) is 1. The van der Waals surface area contributed by atoms with Crippen molar-refractivity contribution in [2.45, 2.75) is 13.5 Å². The molecule has 1 heterocycles. The zero-order valence-corrected chi connectivity index (χ0v) is 8.96. The van der Waals surface area contributed by atoms with Gasteiger partial charge in [-0.25, -0.2) is 0 Å². The van der Waals surface area contributed by atoms with Crippen LogP contribution < -0.4 is 0 Å². The normalized spacial score (nSPS) is 11.4. The maximum atomic E-state index is 3.29. The molecule has 0 saturated carbocycles. The summed E-state index contributed by atoms with van der Waals surface area (Å²) in [6.07, 6.45) is 2.10. The van der Waals surface area contributed by atoms with Crippen LogP contribution >= 0.6 is 0 Å². The molecule has 0 bridgehead atoms. The lowest BCUT2D eigenvalue weighted by Gasteiger charge is -2.07. The molecule has 14 heavy (non-hydrogen) atoms. The van der Waals surface area contributed by atoms with E-state index in [4.69, 9.17) is 0 Å². The van der Waals surface area contributed by atoms with Gasteiger partial charge in [-0.15, -0.1) is 0 Å². The number of fused-ring (bicyclic) bond motifs is 1. The topological polar surface area (TPSA) is 19.0 Å². The first kappa shape index (κ1) is 9.28. The zero-order valence-electron chi connectivity index (χ0n) is 8.96. The van der Waals surface area contributed by atoms with Crippen LogP contribution in [-0.4, -0.2) is 24.0 Å². The van der Waals surface area contributed by atoms with E-state index >= 15 is 0 Å². The minimum Gasteiger partial charge on any atom is -0.361 e. The van der Waals surface area contributed by atoms with E-state index in [0.717, 1.165) is 6.54 Å². The summed E-state index contributed by atoms with van der Waals surface area (Å²) in [6.45, 7) is 3.12. The van der Waals surface area contributed by atoms with E-state index in [9.17, 15) is 0 Å². The fraction of sp³-hybridized carbons (Fsp3) is 0.333. The van der Waals surface area contributed by atoms with Crippen LogP contribution in [0, 0.1) is 6.92 Å². The molecule has 1 N–H and O–H groups in total. The van der Waals surface area contributed by atoms with Gasteiger partial charge in [-0.2, -0.15) is 0 Å². The molecule has 0 atom stereocenters. The van der Waals surface area contributed by atoms with Crippen molar-refractivity contribution in [3.63, 3.8) is 0 Å². The van der Waals surface area contributed by atoms with Crippen LogP contribution in [0.2, 0.25) is 0 Å². The molecule has 0 aliphatic carbocycles. The van der Waals surface area contributed by atoms with Crippen LogP contribution in [0.25, 0.3) is 10.9 Å². The van der Waals surface area contributed by atoms with Gasteiger partial charge < -0.3 is 9.88 Å². The Balaban J connectivity index is 2.50. The van der Waals surface area contributed by atoms with Gasteiger partial charge in [0.25, 0.3) is 0 Å². The van der Waals surface area contributed by atoms with E-state index < -0.39 is 0 Å². The molecule has 0 aliphatic heterocycles. The minimum atomic E-state index is 0.990. The highest BCUT2D eigenvalue weighted by atomic mass is 15.0. The highest BCUT2D eigenvalue weighted by Crippen LogP contribution is 2.20. The lowest BCUT2D eigenvalue weighted by molar-refractivity contribution is 0.404. The van der Waals surface area contributed by atoms with Crippen molar-refractivity contribution in [2.24, 2.45) is 0 Å². The van der Waals surface area contributed by atoms with Crippen LogP contribution in [0.5, 0.6) is 0 Å². The molecule has 0 aliphatic rings. The average Bonchev–Trinajstić information content (AvgIpc) is 2.47. The first-order valence-corrected chi connectivity index (χ1v) is 4.88. The number of H-pyrrole nitrogens is 1. The van der Waals surface area contributed by atoms with Gasteiger partial charge in [0, 0.05) is 23.6 Å². The summed E-state index contributed by atoms with van der Waals surface area (Å²) < 4.78 is 0. The van der Waals surface area contributed by atoms with Crippen LogP contribution in [0.4, 0.5) is 0 Å². The number of benzene rings is 1. The van der Waals surface area contributed by atoms with Gasteiger partial charge in [0.1, 0.15) is 0 Å². The van der Waals surface area contributed by atoms with E-state index in [2.05, 4.69) is 55.3 Å². The Bertz CT molecular complexity index is 441. The Labute approximate surface area is 84.5 Å². The molecule has 2 nitrogen and oxygen atoms in total. The molecule has 2 aromatic rings. The molecule has 74 valence electrons. The van der Waals surface area contributed by atoms with Crippen LogP contribution in [0.1, 0.15) is 11.1 Å². The standard InChI is InChI=1S/C12H16N2/c1-9-4-5-12-11(6-9)10(7-13-12)8-14(2)3/h4-7,13H,8H2,1-3H3. The van der Waals surface area contributed by atoms with Crippen molar-refractivity contribution in [1.82, 2.24) is 9.88 Å². The van der Waals surface area contributed by atoms with Gasteiger partial charge in [0.2, 0.25) is 0 Å². The molecular weight excluding hydrogens is 172 g/mol. The molecule has 1 aromatic carbocycles. The summed E-state index contributed by atoms with van der Waals surface area (Å²) in [6, 6.07) is 6.52. The number of rotatable bonds is 2. The van der Waals surface area contributed by atoms with Gasteiger partial charge in [0.05, 0.1) is 0 Å². The maximum Gasteiger partial charge on any atom is 0.0457 e. The van der Waals surface area contributed by atoms with Crippen LogP contribution in [-0.2, 0) is 6.54 Å². The molecule has 0 amide bonds. The fourth-order valence-electron chi connectivity index (χ4n) is 1.76. The SMILES string of the molecule is Cc1ccc2[nH]cc(CN(C)C)c2c1. The summed E-state index contributed by atoms with van der Waals surface area (Å²) >= 11 is 0. The largest absolute Gasteiger partial charge is 0.361 e. The third-order valence-electron chi connectivity index (χ3n) is 2.41. The number of aromatic nitrogens is 1. The van der Waals surface area contributed by atoms with E-state index in [1.165, 1.54) is 22.0 Å². The Kier molecular flexibility index (Phi) is 2.30. The summed E-state index contributed by atoms with van der Waals surface area (Å²) in [5.74, 6) is 0. The van der Waals surface area contributed by atoms with Crippen molar-refractivity contribution >= 4 is 10.9 Å². The molecule has 0 saturated heterocycles. The molecule has 0 radical (unpaired) electrons. The molecule has 1 aromatic heterocycles. The van der Waals surface area contributed by atoms with Gasteiger partial charge >= 0.3 is 0 Å². The molecule has 2 rings (SSSR count). The highest BCUT2D eigenvalue weighted by molar-refractivity contribution is 5.83. The highest BCUT2D eigenvalue weighted by Gasteiger charge is 2.03. The van der Waals surface area contributed by atoms with Crippen LogP contribution in [0.3, 0.4) is 0 Å². The summed E-state index contributed by atoms with van der Waals surface area (Å²) in [7, 11) is 4.18. The van der Waals surface area contributed by atoms with Crippen molar-refractivity contribution in [1.29, 1.82) is 0 Å². The maximum absolute atomic E-state index is 3.29. The number of nitrogens with one attached hydrogen (secondary N) is 1. The van der Waals surface area contributed by atoms with Crippen LogP contribution in [0.15, 0.2) is 24.4 Å². The molecule has 0 fully saturated rings. The molecule has 0 unspecified atom stereocenters. The summed E-state index contributed by atoms with van der Waals surface area (Å²) in [4.78, 5) is 5.48. The van der Waals surface area contributed by atoms with Crippen molar-refractivity contribution < 1.29 is 0 Å².